The second kappa shape index (κ2) is 8.62. The molecular formula is C19H20ClFN6O3. The molecule has 2 heterocycles. The van der Waals surface area contributed by atoms with Gasteiger partial charge in [0, 0.05) is 18.0 Å². The first kappa shape index (κ1) is 21.4. The SMILES string of the molecule is Cc1nn(CCC(=O)Nc2c(C)nn(Cc3ccc(F)cc3Cl)c2C)cc1[N+](=O)[O-]. The Morgan fingerprint density at radius 3 is 2.63 bits per heavy atom. The summed E-state index contributed by atoms with van der Waals surface area (Å²) in [5.74, 6) is -0.681. The summed E-state index contributed by atoms with van der Waals surface area (Å²) in [7, 11) is 0. The number of benzene rings is 1. The van der Waals surface area contributed by atoms with Crippen molar-refractivity contribution in [3.05, 3.63) is 68.0 Å². The molecule has 30 heavy (non-hydrogen) atoms. The first-order valence-electron chi connectivity index (χ1n) is 9.12. The molecule has 0 aliphatic rings. The molecule has 1 aromatic carbocycles. The minimum Gasteiger partial charge on any atom is -0.323 e. The van der Waals surface area contributed by atoms with Gasteiger partial charge in [-0.15, -0.1) is 0 Å². The van der Waals surface area contributed by atoms with E-state index in [1.807, 2.05) is 6.92 Å². The fourth-order valence-electron chi connectivity index (χ4n) is 3.06. The number of carbonyl (C=O) groups excluding carboxylic acids is 1. The quantitative estimate of drug-likeness (QED) is 0.449. The van der Waals surface area contributed by atoms with E-state index in [2.05, 4.69) is 15.5 Å². The van der Waals surface area contributed by atoms with Gasteiger partial charge in [-0.1, -0.05) is 17.7 Å². The van der Waals surface area contributed by atoms with Crippen molar-refractivity contribution in [1.82, 2.24) is 19.6 Å². The van der Waals surface area contributed by atoms with E-state index < -0.39 is 10.7 Å². The van der Waals surface area contributed by atoms with Crippen LogP contribution in [0.25, 0.3) is 0 Å². The summed E-state index contributed by atoms with van der Waals surface area (Å²) in [5.41, 5.74) is 2.87. The van der Waals surface area contributed by atoms with E-state index in [0.717, 1.165) is 5.69 Å². The summed E-state index contributed by atoms with van der Waals surface area (Å²) in [6, 6.07) is 4.17. The van der Waals surface area contributed by atoms with Crippen molar-refractivity contribution >= 4 is 28.9 Å². The zero-order valence-electron chi connectivity index (χ0n) is 16.6. The molecule has 0 fully saturated rings. The molecule has 0 unspecified atom stereocenters. The highest BCUT2D eigenvalue weighted by Crippen LogP contribution is 2.24. The van der Waals surface area contributed by atoms with Gasteiger partial charge in [-0.2, -0.15) is 10.2 Å². The van der Waals surface area contributed by atoms with Gasteiger partial charge in [-0.05, 0) is 38.5 Å². The minimum absolute atomic E-state index is 0.0807. The number of rotatable bonds is 7. The third-order valence-electron chi connectivity index (χ3n) is 4.67. The molecule has 3 aromatic rings. The van der Waals surface area contributed by atoms with Crippen molar-refractivity contribution in [2.75, 3.05) is 5.32 Å². The van der Waals surface area contributed by atoms with Gasteiger partial charge in [0.2, 0.25) is 5.91 Å². The maximum atomic E-state index is 13.2. The molecule has 0 saturated heterocycles. The van der Waals surface area contributed by atoms with Crippen LogP contribution >= 0.6 is 11.6 Å². The summed E-state index contributed by atoms with van der Waals surface area (Å²) in [6.07, 6.45) is 1.40. The maximum Gasteiger partial charge on any atom is 0.309 e. The Hall–Kier alpha value is -3.27. The van der Waals surface area contributed by atoms with Crippen molar-refractivity contribution in [2.45, 2.75) is 40.3 Å². The van der Waals surface area contributed by atoms with Gasteiger partial charge in [0.1, 0.15) is 17.7 Å². The lowest BCUT2D eigenvalue weighted by Gasteiger charge is -2.08. The van der Waals surface area contributed by atoms with E-state index in [4.69, 9.17) is 11.6 Å². The molecule has 0 spiro atoms. The van der Waals surface area contributed by atoms with Crippen LogP contribution in [0.3, 0.4) is 0 Å². The number of aromatic nitrogens is 4. The van der Waals surface area contributed by atoms with Crippen LogP contribution in [0.1, 0.15) is 29.1 Å². The Labute approximate surface area is 176 Å². The Bertz CT molecular complexity index is 1120. The molecule has 0 bridgehead atoms. The topological polar surface area (TPSA) is 108 Å². The maximum absolute atomic E-state index is 13.2. The van der Waals surface area contributed by atoms with Crippen molar-refractivity contribution in [3.63, 3.8) is 0 Å². The highest BCUT2D eigenvalue weighted by atomic mass is 35.5. The molecule has 158 valence electrons. The van der Waals surface area contributed by atoms with Crippen molar-refractivity contribution in [2.24, 2.45) is 0 Å². The minimum atomic E-state index is -0.507. The zero-order valence-corrected chi connectivity index (χ0v) is 17.4. The second-order valence-corrected chi connectivity index (χ2v) is 7.26. The normalized spacial score (nSPS) is 11.0. The average Bonchev–Trinajstić information content (AvgIpc) is 3.17. The number of nitro groups is 1. The predicted octanol–water partition coefficient (Wildman–Crippen LogP) is 3.78. The first-order chi connectivity index (χ1) is 14.2. The number of carbonyl (C=O) groups is 1. The predicted molar refractivity (Wildman–Crippen MR) is 109 cm³/mol. The molecule has 1 N–H and O–H groups in total. The van der Waals surface area contributed by atoms with Crippen LogP contribution in [0.4, 0.5) is 15.8 Å². The monoisotopic (exact) mass is 434 g/mol. The fourth-order valence-corrected chi connectivity index (χ4v) is 3.29. The molecule has 0 aliphatic heterocycles. The fraction of sp³-hybridized carbons (Fsp3) is 0.316. The highest BCUT2D eigenvalue weighted by molar-refractivity contribution is 6.31. The van der Waals surface area contributed by atoms with Gasteiger partial charge < -0.3 is 5.32 Å². The second-order valence-electron chi connectivity index (χ2n) is 6.86. The molecule has 0 saturated carbocycles. The van der Waals surface area contributed by atoms with Crippen LogP contribution in [-0.4, -0.2) is 30.4 Å². The number of aryl methyl sites for hydroxylation is 3. The Kier molecular flexibility index (Phi) is 6.16. The van der Waals surface area contributed by atoms with Gasteiger partial charge >= 0.3 is 5.69 Å². The van der Waals surface area contributed by atoms with E-state index in [1.54, 1.807) is 24.6 Å². The third-order valence-corrected chi connectivity index (χ3v) is 5.02. The van der Waals surface area contributed by atoms with Crippen LogP contribution < -0.4 is 5.32 Å². The van der Waals surface area contributed by atoms with E-state index in [9.17, 15) is 19.3 Å². The van der Waals surface area contributed by atoms with E-state index in [1.165, 1.54) is 23.0 Å². The Morgan fingerprint density at radius 1 is 1.27 bits per heavy atom. The lowest BCUT2D eigenvalue weighted by atomic mass is 10.2. The first-order valence-corrected chi connectivity index (χ1v) is 9.49. The molecular weight excluding hydrogens is 415 g/mol. The van der Waals surface area contributed by atoms with Crippen LogP contribution in [0.15, 0.2) is 24.4 Å². The summed E-state index contributed by atoms with van der Waals surface area (Å²) >= 11 is 6.09. The number of amides is 1. The number of hydrogen-bond acceptors (Lipinski definition) is 5. The number of anilines is 1. The Morgan fingerprint density at radius 2 is 2.00 bits per heavy atom. The van der Waals surface area contributed by atoms with Crippen molar-refractivity contribution in [1.29, 1.82) is 0 Å². The number of hydrogen-bond donors (Lipinski definition) is 1. The standard InChI is InChI=1S/C19H20ClFN6O3/c1-11-17(27(29)30)10-25(23-11)7-6-18(28)22-19-12(2)24-26(13(19)3)9-14-4-5-15(21)8-16(14)20/h4-5,8,10H,6-7,9H2,1-3H3,(H,22,28). The van der Waals surface area contributed by atoms with Crippen LogP contribution in [0.5, 0.6) is 0 Å². The van der Waals surface area contributed by atoms with E-state index in [0.29, 0.717) is 34.2 Å². The van der Waals surface area contributed by atoms with Crippen LogP contribution in [0, 0.1) is 36.7 Å². The number of halogens is 2. The molecule has 11 heteroatoms. The van der Waals surface area contributed by atoms with Crippen molar-refractivity contribution in [3.8, 4) is 0 Å². The summed E-state index contributed by atoms with van der Waals surface area (Å²) in [5, 5.41) is 22.5. The Balaban J connectivity index is 1.67. The van der Waals surface area contributed by atoms with E-state index >= 15 is 0 Å². The number of nitrogens with one attached hydrogen (secondary N) is 1. The molecule has 2 aromatic heterocycles. The van der Waals surface area contributed by atoms with Gasteiger partial charge in [-0.3, -0.25) is 24.3 Å². The third kappa shape index (κ3) is 4.65. The van der Waals surface area contributed by atoms with E-state index in [-0.39, 0.29) is 24.6 Å². The van der Waals surface area contributed by atoms with Gasteiger partial charge in [0.05, 0.1) is 28.5 Å². The van der Waals surface area contributed by atoms with Gasteiger partial charge in [-0.25, -0.2) is 4.39 Å². The molecule has 0 atom stereocenters. The summed E-state index contributed by atoms with van der Waals surface area (Å²) in [6.45, 7) is 5.66. The smallest absolute Gasteiger partial charge is 0.309 e. The average molecular weight is 435 g/mol. The van der Waals surface area contributed by atoms with Crippen LogP contribution in [0.2, 0.25) is 5.02 Å². The lowest BCUT2D eigenvalue weighted by Crippen LogP contribution is -2.16. The zero-order chi connectivity index (χ0) is 22.0. The molecule has 3 rings (SSSR count). The van der Waals surface area contributed by atoms with Crippen LogP contribution in [-0.2, 0) is 17.9 Å². The molecule has 0 aliphatic carbocycles. The molecule has 1 amide bonds. The molecule has 9 nitrogen and oxygen atoms in total. The highest BCUT2D eigenvalue weighted by Gasteiger charge is 2.18. The largest absolute Gasteiger partial charge is 0.323 e. The van der Waals surface area contributed by atoms with Gasteiger partial charge in [0.15, 0.2) is 0 Å². The summed E-state index contributed by atoms with van der Waals surface area (Å²) in [4.78, 5) is 22.8. The van der Waals surface area contributed by atoms with Gasteiger partial charge in [0.25, 0.3) is 0 Å². The summed E-state index contributed by atoms with van der Waals surface area (Å²) < 4.78 is 16.3. The number of nitrogens with zero attached hydrogens (tertiary/aromatic N) is 5. The molecule has 0 radical (unpaired) electrons. The van der Waals surface area contributed by atoms with Crippen molar-refractivity contribution < 1.29 is 14.1 Å². The lowest BCUT2D eigenvalue weighted by molar-refractivity contribution is -0.385.